The predicted octanol–water partition coefficient (Wildman–Crippen LogP) is 2.29. The first-order valence-corrected chi connectivity index (χ1v) is 7.61. The van der Waals surface area contributed by atoms with Crippen molar-refractivity contribution < 1.29 is 9.53 Å². The number of hydrogen-bond acceptors (Lipinski definition) is 3. The molecule has 116 valence electrons. The third kappa shape index (κ3) is 5.48. The fourth-order valence-corrected chi connectivity index (χ4v) is 2.23. The van der Waals surface area contributed by atoms with Gasteiger partial charge in [-0.25, -0.2) is 0 Å². The van der Waals surface area contributed by atoms with E-state index in [1.807, 2.05) is 24.3 Å². The van der Waals surface area contributed by atoms with Crippen molar-refractivity contribution in [3.8, 4) is 0 Å². The lowest BCUT2D eigenvalue weighted by atomic mass is 9.97. The Morgan fingerprint density at radius 1 is 1.19 bits per heavy atom. The van der Waals surface area contributed by atoms with Crippen LogP contribution in [0.2, 0.25) is 0 Å². The van der Waals surface area contributed by atoms with Crippen molar-refractivity contribution in [3.63, 3.8) is 0 Å². The van der Waals surface area contributed by atoms with Gasteiger partial charge in [-0.3, -0.25) is 9.69 Å². The largest absolute Gasteiger partial charge is 0.379 e. The Morgan fingerprint density at radius 3 is 2.38 bits per heavy atom. The van der Waals surface area contributed by atoms with Gasteiger partial charge in [-0.05, 0) is 23.1 Å². The molecular weight excluding hydrogens is 264 g/mol. The van der Waals surface area contributed by atoms with Gasteiger partial charge in [-0.2, -0.15) is 0 Å². The molecule has 0 aromatic heterocycles. The summed E-state index contributed by atoms with van der Waals surface area (Å²) in [6.45, 7) is 11.5. The maximum atomic E-state index is 12.1. The minimum atomic E-state index is 0.00264. The predicted molar refractivity (Wildman–Crippen MR) is 84.3 cm³/mol. The second-order valence-electron chi connectivity index (χ2n) is 6.83. The van der Waals surface area contributed by atoms with Gasteiger partial charge in [0.25, 0.3) is 5.91 Å². The average molecular weight is 290 g/mol. The Bertz CT molecular complexity index is 457. The van der Waals surface area contributed by atoms with Gasteiger partial charge in [0.1, 0.15) is 0 Å². The molecular formula is C17H26N2O2. The average Bonchev–Trinajstić information content (AvgIpc) is 2.46. The highest BCUT2D eigenvalue weighted by Crippen LogP contribution is 2.12. The summed E-state index contributed by atoms with van der Waals surface area (Å²) in [5.74, 6) is 0.00264. The van der Waals surface area contributed by atoms with Gasteiger partial charge in [0.2, 0.25) is 0 Å². The molecule has 0 unspecified atom stereocenters. The zero-order valence-corrected chi connectivity index (χ0v) is 13.3. The Hall–Kier alpha value is -1.39. The molecule has 1 heterocycles. The summed E-state index contributed by atoms with van der Waals surface area (Å²) >= 11 is 0. The smallest absolute Gasteiger partial charge is 0.251 e. The molecule has 1 aliphatic rings. The molecule has 1 amide bonds. The van der Waals surface area contributed by atoms with Gasteiger partial charge in [0.05, 0.1) is 13.2 Å². The Labute approximate surface area is 127 Å². The summed E-state index contributed by atoms with van der Waals surface area (Å²) in [6.07, 6.45) is 0. The number of nitrogens with zero attached hydrogens (tertiary/aromatic N) is 1. The Kier molecular flexibility index (Phi) is 5.37. The van der Waals surface area contributed by atoms with Gasteiger partial charge in [0, 0.05) is 31.7 Å². The molecule has 0 atom stereocenters. The second kappa shape index (κ2) is 7.05. The van der Waals surface area contributed by atoms with E-state index in [0.29, 0.717) is 6.54 Å². The molecule has 1 fully saturated rings. The quantitative estimate of drug-likeness (QED) is 0.925. The molecule has 0 radical (unpaired) electrons. The van der Waals surface area contributed by atoms with Crippen LogP contribution in [-0.2, 0) is 11.3 Å². The van der Waals surface area contributed by atoms with Crippen LogP contribution in [0.1, 0.15) is 36.7 Å². The summed E-state index contributed by atoms with van der Waals surface area (Å²) < 4.78 is 5.35. The third-order valence-electron chi connectivity index (χ3n) is 3.51. The van der Waals surface area contributed by atoms with Crippen LogP contribution in [-0.4, -0.2) is 43.7 Å². The van der Waals surface area contributed by atoms with Gasteiger partial charge in [0.15, 0.2) is 0 Å². The summed E-state index contributed by atoms with van der Waals surface area (Å²) in [5, 5.41) is 2.97. The maximum Gasteiger partial charge on any atom is 0.251 e. The van der Waals surface area contributed by atoms with Crippen LogP contribution >= 0.6 is 0 Å². The zero-order chi connectivity index (χ0) is 15.3. The summed E-state index contributed by atoms with van der Waals surface area (Å²) in [4.78, 5) is 14.4. The number of benzene rings is 1. The number of ether oxygens (including phenoxy) is 1. The van der Waals surface area contributed by atoms with E-state index < -0.39 is 0 Å². The highest BCUT2D eigenvalue weighted by atomic mass is 16.5. The summed E-state index contributed by atoms with van der Waals surface area (Å²) in [7, 11) is 0. The Balaban J connectivity index is 1.87. The standard InChI is InChI=1S/C17H26N2O2/c1-17(2,3)13-18-16(20)15-6-4-14(5-7-15)12-19-8-10-21-11-9-19/h4-7H,8-13H2,1-3H3,(H,18,20). The summed E-state index contributed by atoms with van der Waals surface area (Å²) in [6, 6.07) is 7.91. The molecule has 21 heavy (non-hydrogen) atoms. The number of nitrogens with one attached hydrogen (secondary N) is 1. The first-order valence-electron chi connectivity index (χ1n) is 7.61. The van der Waals surface area contributed by atoms with Crippen molar-refractivity contribution in [2.24, 2.45) is 5.41 Å². The van der Waals surface area contributed by atoms with Crippen LogP contribution < -0.4 is 5.32 Å². The van der Waals surface area contributed by atoms with E-state index in [1.165, 1.54) is 5.56 Å². The minimum absolute atomic E-state index is 0.00264. The lowest BCUT2D eigenvalue weighted by Gasteiger charge is -2.26. The van der Waals surface area contributed by atoms with Gasteiger partial charge >= 0.3 is 0 Å². The van der Waals surface area contributed by atoms with E-state index in [1.54, 1.807) is 0 Å². The van der Waals surface area contributed by atoms with Crippen LogP contribution in [0, 0.1) is 5.41 Å². The monoisotopic (exact) mass is 290 g/mol. The van der Waals surface area contributed by atoms with Crippen molar-refractivity contribution in [3.05, 3.63) is 35.4 Å². The van der Waals surface area contributed by atoms with E-state index in [9.17, 15) is 4.79 Å². The van der Waals surface area contributed by atoms with E-state index in [2.05, 4.69) is 31.0 Å². The first-order chi connectivity index (χ1) is 9.94. The molecule has 0 bridgehead atoms. The number of hydrogen-bond donors (Lipinski definition) is 1. The van der Waals surface area contributed by atoms with Crippen LogP contribution in [0.5, 0.6) is 0 Å². The van der Waals surface area contributed by atoms with Crippen molar-refractivity contribution in [2.45, 2.75) is 27.3 Å². The molecule has 4 heteroatoms. The van der Waals surface area contributed by atoms with E-state index in [-0.39, 0.29) is 11.3 Å². The molecule has 0 saturated carbocycles. The van der Waals surface area contributed by atoms with Gasteiger partial charge < -0.3 is 10.1 Å². The number of rotatable bonds is 4. The number of carbonyl (C=O) groups is 1. The lowest BCUT2D eigenvalue weighted by Crippen LogP contribution is -2.35. The van der Waals surface area contributed by atoms with Crippen LogP contribution in [0.4, 0.5) is 0 Å². The Morgan fingerprint density at radius 2 is 1.81 bits per heavy atom. The van der Waals surface area contributed by atoms with Crippen molar-refractivity contribution in [2.75, 3.05) is 32.8 Å². The molecule has 1 aromatic rings. The van der Waals surface area contributed by atoms with Crippen LogP contribution in [0.3, 0.4) is 0 Å². The maximum absolute atomic E-state index is 12.1. The van der Waals surface area contributed by atoms with Crippen molar-refractivity contribution in [1.29, 1.82) is 0 Å². The van der Waals surface area contributed by atoms with Crippen LogP contribution in [0.25, 0.3) is 0 Å². The molecule has 1 aliphatic heterocycles. The zero-order valence-electron chi connectivity index (χ0n) is 13.3. The van der Waals surface area contributed by atoms with E-state index in [4.69, 9.17) is 4.74 Å². The topological polar surface area (TPSA) is 41.6 Å². The van der Waals surface area contributed by atoms with E-state index in [0.717, 1.165) is 38.4 Å². The van der Waals surface area contributed by atoms with Crippen molar-refractivity contribution in [1.82, 2.24) is 10.2 Å². The highest BCUT2D eigenvalue weighted by molar-refractivity contribution is 5.94. The highest BCUT2D eigenvalue weighted by Gasteiger charge is 2.14. The third-order valence-corrected chi connectivity index (χ3v) is 3.51. The van der Waals surface area contributed by atoms with Gasteiger partial charge in [-0.15, -0.1) is 0 Å². The SMILES string of the molecule is CC(C)(C)CNC(=O)c1ccc(CN2CCOCC2)cc1. The molecule has 4 nitrogen and oxygen atoms in total. The molecule has 0 aliphatic carbocycles. The number of carbonyl (C=O) groups excluding carboxylic acids is 1. The molecule has 1 saturated heterocycles. The fourth-order valence-electron chi connectivity index (χ4n) is 2.23. The first kappa shape index (κ1) is 16.0. The molecule has 2 rings (SSSR count). The summed E-state index contributed by atoms with van der Waals surface area (Å²) in [5.41, 5.74) is 2.07. The minimum Gasteiger partial charge on any atom is -0.379 e. The van der Waals surface area contributed by atoms with E-state index >= 15 is 0 Å². The van der Waals surface area contributed by atoms with Crippen LogP contribution in [0.15, 0.2) is 24.3 Å². The van der Waals surface area contributed by atoms with Gasteiger partial charge in [-0.1, -0.05) is 32.9 Å². The number of morpholine rings is 1. The molecule has 1 N–H and O–H groups in total. The molecule has 1 aromatic carbocycles. The lowest BCUT2D eigenvalue weighted by molar-refractivity contribution is 0.0342. The fraction of sp³-hybridized carbons (Fsp3) is 0.588. The normalized spacial score (nSPS) is 16.7. The number of amides is 1. The second-order valence-corrected chi connectivity index (χ2v) is 6.83. The molecule has 0 spiro atoms. The van der Waals surface area contributed by atoms with Crippen molar-refractivity contribution >= 4 is 5.91 Å².